The van der Waals surface area contributed by atoms with Gasteiger partial charge in [-0.15, -0.1) is 11.3 Å². The van der Waals surface area contributed by atoms with E-state index in [1.807, 2.05) is 60.0 Å². The second-order valence-electron chi connectivity index (χ2n) is 5.69. The summed E-state index contributed by atoms with van der Waals surface area (Å²) < 4.78 is 0. The van der Waals surface area contributed by atoms with Gasteiger partial charge in [0.15, 0.2) is 0 Å². The molecule has 0 spiro atoms. The van der Waals surface area contributed by atoms with E-state index >= 15 is 0 Å². The summed E-state index contributed by atoms with van der Waals surface area (Å²) in [4.78, 5) is 18.7. The molecule has 1 aromatic heterocycles. The van der Waals surface area contributed by atoms with E-state index in [9.17, 15) is 4.79 Å². The molecule has 1 amide bonds. The summed E-state index contributed by atoms with van der Waals surface area (Å²) in [5, 5.41) is 12.3. The number of aromatic nitrogens is 1. The van der Waals surface area contributed by atoms with Gasteiger partial charge >= 0.3 is 0 Å². The Bertz CT molecular complexity index is 933. The fourth-order valence-corrected chi connectivity index (χ4v) is 3.67. The van der Waals surface area contributed by atoms with Gasteiger partial charge in [0.25, 0.3) is 0 Å². The van der Waals surface area contributed by atoms with Crippen molar-refractivity contribution in [3.05, 3.63) is 76.3 Å². The van der Waals surface area contributed by atoms with Gasteiger partial charge in [0, 0.05) is 17.5 Å². The Morgan fingerprint density at radius 1 is 1.15 bits per heavy atom. The SMILES string of the molecule is N#CCN(Cc1ccccc1)C(=O)Cc1csc(-c2ccccc2Cl)n1. The lowest BCUT2D eigenvalue weighted by atomic mass is 10.2. The van der Waals surface area contributed by atoms with Crippen LogP contribution in [0.5, 0.6) is 0 Å². The molecule has 0 saturated carbocycles. The van der Waals surface area contributed by atoms with Crippen molar-refractivity contribution in [3.63, 3.8) is 0 Å². The molecule has 0 saturated heterocycles. The molecule has 2 aromatic carbocycles. The van der Waals surface area contributed by atoms with Gasteiger partial charge < -0.3 is 4.90 Å². The highest BCUT2D eigenvalue weighted by Gasteiger charge is 2.17. The highest BCUT2D eigenvalue weighted by Crippen LogP contribution is 2.30. The number of nitrogens with zero attached hydrogens (tertiary/aromatic N) is 3. The van der Waals surface area contributed by atoms with E-state index in [4.69, 9.17) is 16.9 Å². The third kappa shape index (κ3) is 4.48. The molecule has 0 aliphatic carbocycles. The molecule has 0 aliphatic heterocycles. The minimum absolute atomic E-state index is 0.0508. The average Bonchev–Trinajstić information content (AvgIpc) is 3.11. The van der Waals surface area contributed by atoms with Crippen LogP contribution in [0.3, 0.4) is 0 Å². The Morgan fingerprint density at radius 2 is 1.88 bits per heavy atom. The quantitative estimate of drug-likeness (QED) is 0.588. The molecule has 6 heteroatoms. The van der Waals surface area contributed by atoms with E-state index in [-0.39, 0.29) is 18.9 Å². The topological polar surface area (TPSA) is 57.0 Å². The van der Waals surface area contributed by atoms with Crippen LogP contribution in [0.15, 0.2) is 60.0 Å². The van der Waals surface area contributed by atoms with Gasteiger partial charge in [-0.25, -0.2) is 4.98 Å². The first-order valence-corrected chi connectivity index (χ1v) is 9.31. The van der Waals surface area contributed by atoms with E-state index in [0.29, 0.717) is 17.3 Å². The number of amides is 1. The number of halogens is 1. The summed E-state index contributed by atoms with van der Waals surface area (Å²) in [5.41, 5.74) is 2.54. The van der Waals surface area contributed by atoms with Crippen molar-refractivity contribution in [2.24, 2.45) is 0 Å². The zero-order valence-corrected chi connectivity index (χ0v) is 15.5. The minimum Gasteiger partial charge on any atom is -0.325 e. The zero-order valence-electron chi connectivity index (χ0n) is 13.9. The molecule has 130 valence electrons. The van der Waals surface area contributed by atoms with Crippen LogP contribution in [-0.2, 0) is 17.8 Å². The number of hydrogen-bond donors (Lipinski definition) is 0. The number of carbonyl (C=O) groups is 1. The maximum atomic E-state index is 12.6. The van der Waals surface area contributed by atoms with Crippen LogP contribution in [-0.4, -0.2) is 22.3 Å². The van der Waals surface area contributed by atoms with Crippen molar-refractivity contribution in [1.29, 1.82) is 5.26 Å². The maximum Gasteiger partial charge on any atom is 0.229 e. The van der Waals surface area contributed by atoms with E-state index in [1.54, 1.807) is 4.90 Å². The summed E-state index contributed by atoms with van der Waals surface area (Å²) in [6.07, 6.45) is 0.162. The molecular formula is C20H16ClN3OS. The summed E-state index contributed by atoms with van der Waals surface area (Å²) in [6, 6.07) is 19.2. The van der Waals surface area contributed by atoms with Crippen molar-refractivity contribution in [1.82, 2.24) is 9.88 Å². The standard InChI is InChI=1S/C20H16ClN3OS/c21-18-9-5-4-8-17(18)20-23-16(14-26-20)12-19(25)24(11-10-22)13-15-6-2-1-3-7-15/h1-9,14H,11-13H2. The highest BCUT2D eigenvalue weighted by atomic mass is 35.5. The number of benzene rings is 2. The fraction of sp³-hybridized carbons (Fsp3) is 0.150. The van der Waals surface area contributed by atoms with E-state index < -0.39 is 0 Å². The molecule has 0 bridgehead atoms. The average molecular weight is 382 g/mol. The van der Waals surface area contributed by atoms with Gasteiger partial charge in [-0.1, -0.05) is 60.1 Å². The van der Waals surface area contributed by atoms with Gasteiger partial charge in [0.1, 0.15) is 11.6 Å². The number of hydrogen-bond acceptors (Lipinski definition) is 4. The van der Waals surface area contributed by atoms with E-state index in [2.05, 4.69) is 11.1 Å². The van der Waals surface area contributed by atoms with E-state index in [1.165, 1.54) is 11.3 Å². The van der Waals surface area contributed by atoms with Crippen LogP contribution in [0.4, 0.5) is 0 Å². The highest BCUT2D eigenvalue weighted by molar-refractivity contribution is 7.13. The fourth-order valence-electron chi connectivity index (χ4n) is 2.53. The van der Waals surface area contributed by atoms with Crippen molar-refractivity contribution < 1.29 is 4.79 Å². The second kappa shape index (κ2) is 8.61. The van der Waals surface area contributed by atoms with Crippen molar-refractivity contribution >= 4 is 28.8 Å². The summed E-state index contributed by atoms with van der Waals surface area (Å²) in [7, 11) is 0. The van der Waals surface area contributed by atoms with Crippen LogP contribution in [0.2, 0.25) is 5.02 Å². The van der Waals surface area contributed by atoms with Crippen LogP contribution in [0, 0.1) is 11.3 Å². The first-order valence-electron chi connectivity index (χ1n) is 8.05. The number of rotatable bonds is 6. The molecule has 0 unspecified atom stereocenters. The Labute approximate surface area is 161 Å². The lowest BCUT2D eigenvalue weighted by Gasteiger charge is -2.19. The summed E-state index contributed by atoms with van der Waals surface area (Å²) >= 11 is 7.67. The molecule has 0 fully saturated rings. The first-order chi connectivity index (χ1) is 12.7. The zero-order chi connectivity index (χ0) is 18.4. The Morgan fingerprint density at radius 3 is 2.62 bits per heavy atom. The molecular weight excluding hydrogens is 366 g/mol. The van der Waals surface area contributed by atoms with Gasteiger partial charge in [-0.05, 0) is 11.6 Å². The Balaban J connectivity index is 1.72. The number of carbonyl (C=O) groups excluding carboxylic acids is 1. The van der Waals surface area contributed by atoms with Crippen LogP contribution < -0.4 is 0 Å². The number of nitriles is 1. The van der Waals surface area contributed by atoms with Gasteiger partial charge in [-0.3, -0.25) is 4.79 Å². The Hall–Kier alpha value is -2.68. The van der Waals surface area contributed by atoms with Gasteiger partial charge in [0.2, 0.25) is 5.91 Å². The van der Waals surface area contributed by atoms with Crippen molar-refractivity contribution in [3.8, 4) is 16.6 Å². The normalized spacial score (nSPS) is 10.3. The van der Waals surface area contributed by atoms with Gasteiger partial charge in [-0.2, -0.15) is 5.26 Å². The maximum absolute atomic E-state index is 12.6. The minimum atomic E-state index is -0.119. The Kier molecular flexibility index (Phi) is 6.00. The monoisotopic (exact) mass is 381 g/mol. The summed E-state index contributed by atoms with van der Waals surface area (Å²) in [5.74, 6) is -0.119. The third-order valence-corrected chi connectivity index (χ3v) is 5.07. The molecule has 0 N–H and O–H groups in total. The molecule has 0 atom stereocenters. The van der Waals surface area contributed by atoms with Crippen molar-refractivity contribution in [2.75, 3.05) is 6.54 Å². The van der Waals surface area contributed by atoms with E-state index in [0.717, 1.165) is 16.1 Å². The summed E-state index contributed by atoms with van der Waals surface area (Å²) in [6.45, 7) is 0.462. The number of thiazole rings is 1. The van der Waals surface area contributed by atoms with Gasteiger partial charge in [0.05, 0.1) is 23.2 Å². The lowest BCUT2D eigenvalue weighted by Crippen LogP contribution is -2.32. The predicted octanol–water partition coefficient (Wildman–Crippen LogP) is 4.56. The molecule has 0 radical (unpaired) electrons. The molecule has 1 heterocycles. The largest absolute Gasteiger partial charge is 0.325 e. The second-order valence-corrected chi connectivity index (χ2v) is 6.96. The first kappa shape index (κ1) is 18.1. The van der Waals surface area contributed by atoms with Crippen molar-refractivity contribution in [2.45, 2.75) is 13.0 Å². The molecule has 3 rings (SSSR count). The third-order valence-electron chi connectivity index (χ3n) is 3.82. The van der Waals surface area contributed by atoms with Crippen LogP contribution in [0.25, 0.3) is 10.6 Å². The van der Waals surface area contributed by atoms with Crippen LogP contribution in [0.1, 0.15) is 11.3 Å². The molecule has 3 aromatic rings. The molecule has 4 nitrogen and oxygen atoms in total. The lowest BCUT2D eigenvalue weighted by molar-refractivity contribution is -0.130. The molecule has 0 aliphatic rings. The smallest absolute Gasteiger partial charge is 0.229 e. The van der Waals surface area contributed by atoms with Crippen LogP contribution >= 0.6 is 22.9 Å². The molecule has 26 heavy (non-hydrogen) atoms. The predicted molar refractivity (Wildman–Crippen MR) is 104 cm³/mol.